The van der Waals surface area contributed by atoms with Gasteiger partial charge in [0.1, 0.15) is 5.01 Å². The number of hydrogen-bond donors (Lipinski definition) is 1. The number of nitrogens with one attached hydrogen (secondary N) is 1. The van der Waals surface area contributed by atoms with Gasteiger partial charge in [-0.05, 0) is 31.9 Å². The first-order valence-corrected chi connectivity index (χ1v) is 10.6. The predicted octanol–water partition coefficient (Wildman–Crippen LogP) is 2.90. The number of alkyl halides is 3. The number of rotatable bonds is 4. The van der Waals surface area contributed by atoms with Gasteiger partial charge in [-0.3, -0.25) is 4.79 Å². The maximum absolute atomic E-state index is 13.2. The van der Waals surface area contributed by atoms with Gasteiger partial charge >= 0.3 is 6.18 Å². The van der Waals surface area contributed by atoms with Crippen LogP contribution in [0.15, 0.2) is 29.2 Å². The number of benzene rings is 1. The van der Waals surface area contributed by atoms with E-state index >= 15 is 0 Å². The molecule has 0 saturated carbocycles. The summed E-state index contributed by atoms with van der Waals surface area (Å²) in [6.45, 7) is 1.67. The largest absolute Gasteiger partial charge is 0.417 e. The fourth-order valence-electron chi connectivity index (χ4n) is 2.98. The van der Waals surface area contributed by atoms with E-state index in [9.17, 15) is 26.4 Å². The Balaban J connectivity index is 1.70. The molecule has 1 aliphatic rings. The minimum Gasteiger partial charge on any atom is -0.300 e. The second-order valence-corrected chi connectivity index (χ2v) is 9.38. The molecule has 1 aromatic heterocycles. The number of anilines is 1. The molecule has 2 heterocycles. The molecule has 12 heteroatoms. The van der Waals surface area contributed by atoms with Crippen LogP contribution < -0.4 is 5.32 Å². The van der Waals surface area contributed by atoms with Crippen LogP contribution in [0, 0.1) is 12.8 Å². The summed E-state index contributed by atoms with van der Waals surface area (Å²) in [4.78, 5) is 11.5. The Morgan fingerprint density at radius 2 is 1.86 bits per heavy atom. The smallest absolute Gasteiger partial charge is 0.300 e. The molecule has 1 fully saturated rings. The highest BCUT2D eigenvalue weighted by molar-refractivity contribution is 7.89. The molecule has 1 amide bonds. The van der Waals surface area contributed by atoms with Gasteiger partial charge in [-0.15, -0.1) is 10.2 Å². The van der Waals surface area contributed by atoms with Crippen LogP contribution in [0.4, 0.5) is 18.3 Å². The Hall–Kier alpha value is -2.05. The van der Waals surface area contributed by atoms with Crippen LogP contribution in [0.1, 0.15) is 23.4 Å². The lowest BCUT2D eigenvalue weighted by Crippen LogP contribution is -2.41. The van der Waals surface area contributed by atoms with Gasteiger partial charge in [0.25, 0.3) is 0 Å². The van der Waals surface area contributed by atoms with Gasteiger partial charge in [-0.2, -0.15) is 17.5 Å². The first-order valence-electron chi connectivity index (χ1n) is 8.36. The number of nitrogens with zero attached hydrogens (tertiary/aromatic N) is 3. The molecule has 28 heavy (non-hydrogen) atoms. The lowest BCUT2D eigenvalue weighted by atomic mass is 9.97. The van der Waals surface area contributed by atoms with E-state index in [1.807, 2.05) is 0 Å². The highest BCUT2D eigenvalue weighted by atomic mass is 32.2. The molecule has 7 nitrogen and oxygen atoms in total. The summed E-state index contributed by atoms with van der Waals surface area (Å²) in [5.41, 5.74) is -1.19. The number of aryl methyl sites for hydroxylation is 1. The van der Waals surface area contributed by atoms with Crippen LogP contribution in [0.5, 0.6) is 0 Å². The third kappa shape index (κ3) is 4.33. The van der Waals surface area contributed by atoms with Gasteiger partial charge in [0.15, 0.2) is 0 Å². The lowest BCUT2D eigenvalue weighted by Gasteiger charge is -2.31. The number of hydrogen-bond acceptors (Lipinski definition) is 6. The van der Waals surface area contributed by atoms with Crippen molar-refractivity contribution >= 4 is 32.4 Å². The third-order valence-electron chi connectivity index (χ3n) is 4.39. The minimum atomic E-state index is -4.78. The summed E-state index contributed by atoms with van der Waals surface area (Å²) in [5.74, 6) is -0.752. The van der Waals surface area contributed by atoms with Crippen molar-refractivity contribution in [1.82, 2.24) is 14.5 Å². The molecule has 0 bridgehead atoms. The van der Waals surface area contributed by atoms with E-state index in [-0.39, 0.29) is 31.8 Å². The van der Waals surface area contributed by atoms with Crippen molar-refractivity contribution in [3.63, 3.8) is 0 Å². The maximum atomic E-state index is 13.2. The van der Waals surface area contributed by atoms with Crippen molar-refractivity contribution in [1.29, 1.82) is 0 Å². The van der Waals surface area contributed by atoms with E-state index in [4.69, 9.17) is 0 Å². The molecule has 3 rings (SSSR count). The molecule has 0 atom stereocenters. The van der Waals surface area contributed by atoms with E-state index in [2.05, 4.69) is 15.5 Å². The zero-order valence-corrected chi connectivity index (χ0v) is 16.4. The number of amides is 1. The summed E-state index contributed by atoms with van der Waals surface area (Å²) in [6.07, 6.45) is -4.37. The molecule has 0 radical (unpaired) electrons. The van der Waals surface area contributed by atoms with Crippen molar-refractivity contribution in [2.45, 2.75) is 30.8 Å². The van der Waals surface area contributed by atoms with E-state index in [1.165, 1.54) is 17.4 Å². The fourth-order valence-corrected chi connectivity index (χ4v) is 5.25. The lowest BCUT2D eigenvalue weighted by molar-refractivity contribution is -0.139. The normalized spacial score (nSPS) is 16.9. The molecular weight excluding hydrogens is 417 g/mol. The number of piperidine rings is 1. The molecule has 0 unspecified atom stereocenters. The van der Waals surface area contributed by atoms with E-state index in [1.54, 1.807) is 6.92 Å². The van der Waals surface area contributed by atoms with Crippen LogP contribution in [0.3, 0.4) is 0 Å². The van der Waals surface area contributed by atoms with Crippen LogP contribution in [-0.2, 0) is 21.0 Å². The van der Waals surface area contributed by atoms with Gasteiger partial charge in [0.2, 0.25) is 21.1 Å². The Morgan fingerprint density at radius 3 is 2.43 bits per heavy atom. The van der Waals surface area contributed by atoms with Crippen molar-refractivity contribution < 1.29 is 26.4 Å². The standard InChI is InChI=1S/C16H17F3N4O3S2/c1-10-21-22-15(27-10)20-14(24)11-6-8-23(9-7-11)28(25,26)13-5-3-2-4-12(13)16(17,18)19/h2-5,11H,6-9H2,1H3,(H,20,22,24). The van der Waals surface area contributed by atoms with Crippen LogP contribution in [-0.4, -0.2) is 41.9 Å². The summed E-state index contributed by atoms with van der Waals surface area (Å²) in [5, 5.41) is 11.3. The molecule has 1 saturated heterocycles. The first-order chi connectivity index (χ1) is 13.1. The van der Waals surface area contributed by atoms with Crippen molar-refractivity contribution in [2.75, 3.05) is 18.4 Å². The molecule has 0 spiro atoms. The maximum Gasteiger partial charge on any atom is 0.417 e. The number of aromatic nitrogens is 2. The third-order valence-corrected chi connectivity index (χ3v) is 7.10. The van der Waals surface area contributed by atoms with Gasteiger partial charge in [0, 0.05) is 19.0 Å². The average Bonchev–Trinajstić information content (AvgIpc) is 3.06. The second kappa shape index (κ2) is 7.76. The van der Waals surface area contributed by atoms with Gasteiger partial charge < -0.3 is 5.32 Å². The Labute approximate surface area is 163 Å². The summed E-state index contributed by atoms with van der Waals surface area (Å²) >= 11 is 1.22. The Bertz CT molecular complexity index is 968. The van der Waals surface area contributed by atoms with Crippen LogP contribution >= 0.6 is 11.3 Å². The summed E-state index contributed by atoms with van der Waals surface area (Å²) in [7, 11) is -4.32. The number of sulfonamides is 1. The molecule has 1 aromatic carbocycles. The van der Waals surface area contributed by atoms with Gasteiger partial charge in [0.05, 0.1) is 10.5 Å². The zero-order chi connectivity index (χ0) is 20.5. The van der Waals surface area contributed by atoms with Crippen LogP contribution in [0.25, 0.3) is 0 Å². The average molecular weight is 434 g/mol. The van der Waals surface area contributed by atoms with Crippen molar-refractivity contribution in [3.05, 3.63) is 34.8 Å². The van der Waals surface area contributed by atoms with Crippen molar-refractivity contribution in [3.8, 4) is 0 Å². The highest BCUT2D eigenvalue weighted by Gasteiger charge is 2.40. The molecule has 0 aliphatic carbocycles. The van der Waals surface area contributed by atoms with E-state index in [0.717, 1.165) is 22.5 Å². The zero-order valence-electron chi connectivity index (χ0n) is 14.7. The SMILES string of the molecule is Cc1nnc(NC(=O)C2CCN(S(=O)(=O)c3ccccc3C(F)(F)F)CC2)s1. The predicted molar refractivity (Wildman–Crippen MR) is 96.2 cm³/mol. The number of halogens is 3. The Kier molecular flexibility index (Phi) is 5.73. The molecule has 1 N–H and O–H groups in total. The Morgan fingerprint density at radius 1 is 1.21 bits per heavy atom. The molecule has 1 aliphatic heterocycles. The fraction of sp³-hybridized carbons (Fsp3) is 0.438. The number of carbonyl (C=O) groups is 1. The second-order valence-electron chi connectivity index (χ2n) is 6.29. The molecule has 2 aromatic rings. The molecular formula is C16H17F3N4O3S2. The van der Waals surface area contributed by atoms with E-state index < -0.39 is 32.6 Å². The summed E-state index contributed by atoms with van der Waals surface area (Å²) in [6, 6.07) is 4.10. The topological polar surface area (TPSA) is 92.3 Å². The monoisotopic (exact) mass is 434 g/mol. The van der Waals surface area contributed by atoms with Gasteiger partial charge in [-0.1, -0.05) is 23.5 Å². The highest BCUT2D eigenvalue weighted by Crippen LogP contribution is 2.36. The quantitative estimate of drug-likeness (QED) is 0.799. The number of carbonyl (C=O) groups excluding carboxylic acids is 1. The van der Waals surface area contributed by atoms with Crippen LogP contribution in [0.2, 0.25) is 0 Å². The summed E-state index contributed by atoms with van der Waals surface area (Å²) < 4.78 is 66.0. The minimum absolute atomic E-state index is 0.0399. The van der Waals surface area contributed by atoms with Crippen molar-refractivity contribution in [2.24, 2.45) is 5.92 Å². The first kappa shape index (κ1) is 20.7. The van der Waals surface area contributed by atoms with Gasteiger partial charge in [-0.25, -0.2) is 8.42 Å². The van der Waals surface area contributed by atoms with E-state index in [0.29, 0.717) is 10.1 Å². The molecule has 152 valence electrons.